The van der Waals surface area contributed by atoms with Crippen molar-refractivity contribution >= 4 is 5.82 Å². The van der Waals surface area contributed by atoms with Crippen molar-refractivity contribution in [3.05, 3.63) is 35.8 Å². The fourth-order valence-electron chi connectivity index (χ4n) is 2.71. The molecule has 4 nitrogen and oxygen atoms in total. The Morgan fingerprint density at radius 1 is 1.15 bits per heavy atom. The molecule has 0 spiro atoms. The predicted molar refractivity (Wildman–Crippen MR) is 80.7 cm³/mol. The number of pyridine rings is 1. The van der Waals surface area contributed by atoms with Crippen LogP contribution >= 0.6 is 0 Å². The summed E-state index contributed by atoms with van der Waals surface area (Å²) in [6, 6.07) is 3.94. The van der Waals surface area contributed by atoms with Gasteiger partial charge in [-0.1, -0.05) is 6.42 Å². The van der Waals surface area contributed by atoms with Crippen LogP contribution in [-0.2, 0) is 12.8 Å². The first-order chi connectivity index (χ1) is 9.88. The van der Waals surface area contributed by atoms with Gasteiger partial charge < -0.3 is 5.32 Å². The Kier molecular flexibility index (Phi) is 3.90. The van der Waals surface area contributed by atoms with Crippen molar-refractivity contribution < 1.29 is 0 Å². The Hall–Kier alpha value is -1.97. The van der Waals surface area contributed by atoms with Crippen molar-refractivity contribution in [3.63, 3.8) is 0 Å². The van der Waals surface area contributed by atoms with E-state index in [1.165, 1.54) is 30.5 Å². The number of hydrogen-bond acceptors (Lipinski definition) is 4. The largest absolute Gasteiger partial charge is 0.370 e. The summed E-state index contributed by atoms with van der Waals surface area (Å²) in [5.41, 5.74) is 3.52. The van der Waals surface area contributed by atoms with Gasteiger partial charge in [0.05, 0.1) is 0 Å². The lowest BCUT2D eigenvalue weighted by atomic mass is 10.1. The number of nitrogens with zero attached hydrogens (tertiary/aromatic N) is 3. The third-order valence-corrected chi connectivity index (χ3v) is 3.70. The third-order valence-electron chi connectivity index (χ3n) is 3.70. The summed E-state index contributed by atoms with van der Waals surface area (Å²) < 4.78 is 0. The molecule has 0 saturated heterocycles. The summed E-state index contributed by atoms with van der Waals surface area (Å²) in [6.07, 6.45) is 9.49. The van der Waals surface area contributed by atoms with Gasteiger partial charge in [-0.05, 0) is 44.7 Å². The molecule has 104 valence electrons. The molecule has 20 heavy (non-hydrogen) atoms. The Bertz CT molecular complexity index is 581. The van der Waals surface area contributed by atoms with Crippen LogP contribution in [0.1, 0.15) is 37.4 Å². The molecule has 0 amide bonds. The van der Waals surface area contributed by atoms with E-state index in [1.54, 1.807) is 6.20 Å². The molecule has 0 bridgehead atoms. The highest BCUT2D eigenvalue weighted by Crippen LogP contribution is 2.27. The van der Waals surface area contributed by atoms with Crippen LogP contribution in [0.3, 0.4) is 0 Å². The monoisotopic (exact) mass is 268 g/mol. The van der Waals surface area contributed by atoms with Crippen molar-refractivity contribution in [3.8, 4) is 11.4 Å². The number of aryl methyl sites for hydroxylation is 1. The second-order valence-corrected chi connectivity index (χ2v) is 5.15. The van der Waals surface area contributed by atoms with Gasteiger partial charge in [0.15, 0.2) is 5.82 Å². The molecule has 1 aliphatic rings. The highest BCUT2D eigenvalue weighted by atomic mass is 15.0. The van der Waals surface area contributed by atoms with Crippen LogP contribution < -0.4 is 5.32 Å². The van der Waals surface area contributed by atoms with E-state index >= 15 is 0 Å². The molecular weight excluding hydrogens is 248 g/mol. The van der Waals surface area contributed by atoms with E-state index in [9.17, 15) is 0 Å². The normalized spacial score (nSPS) is 14.4. The summed E-state index contributed by atoms with van der Waals surface area (Å²) in [4.78, 5) is 13.7. The molecule has 3 rings (SSSR count). The topological polar surface area (TPSA) is 50.7 Å². The molecule has 2 aromatic heterocycles. The van der Waals surface area contributed by atoms with Crippen molar-refractivity contribution in [2.45, 2.75) is 39.0 Å². The van der Waals surface area contributed by atoms with E-state index in [0.29, 0.717) is 0 Å². The van der Waals surface area contributed by atoms with E-state index < -0.39 is 0 Å². The minimum Gasteiger partial charge on any atom is -0.370 e. The summed E-state index contributed by atoms with van der Waals surface area (Å²) in [5.74, 6) is 1.80. The van der Waals surface area contributed by atoms with Crippen LogP contribution in [0.2, 0.25) is 0 Å². The molecule has 0 saturated carbocycles. The lowest BCUT2D eigenvalue weighted by Crippen LogP contribution is -2.09. The average molecular weight is 268 g/mol. The number of anilines is 1. The van der Waals surface area contributed by atoms with Crippen LogP contribution in [0.25, 0.3) is 11.4 Å². The van der Waals surface area contributed by atoms with Crippen LogP contribution in [0.4, 0.5) is 5.82 Å². The van der Waals surface area contributed by atoms with Gasteiger partial charge in [0.1, 0.15) is 5.82 Å². The highest BCUT2D eigenvalue weighted by molar-refractivity contribution is 5.59. The minimum absolute atomic E-state index is 0.787. The molecule has 1 aliphatic carbocycles. The van der Waals surface area contributed by atoms with E-state index in [-0.39, 0.29) is 0 Å². The SMILES string of the molecule is CCNc1nc(-c2cccnc2)nc2c1CCCCC2. The van der Waals surface area contributed by atoms with Crippen molar-refractivity contribution in [2.75, 3.05) is 11.9 Å². The van der Waals surface area contributed by atoms with Crippen LogP contribution in [-0.4, -0.2) is 21.5 Å². The van der Waals surface area contributed by atoms with E-state index in [2.05, 4.69) is 17.2 Å². The van der Waals surface area contributed by atoms with E-state index in [4.69, 9.17) is 9.97 Å². The minimum atomic E-state index is 0.787. The van der Waals surface area contributed by atoms with Crippen LogP contribution in [0, 0.1) is 0 Å². The van der Waals surface area contributed by atoms with Crippen molar-refractivity contribution in [2.24, 2.45) is 0 Å². The number of nitrogens with one attached hydrogen (secondary N) is 1. The first kappa shape index (κ1) is 13.0. The maximum Gasteiger partial charge on any atom is 0.163 e. The predicted octanol–water partition coefficient (Wildman–Crippen LogP) is 3.24. The van der Waals surface area contributed by atoms with Gasteiger partial charge in [-0.25, -0.2) is 9.97 Å². The Labute approximate surface area is 119 Å². The van der Waals surface area contributed by atoms with Gasteiger partial charge >= 0.3 is 0 Å². The van der Waals surface area contributed by atoms with Crippen LogP contribution in [0.15, 0.2) is 24.5 Å². The Balaban J connectivity index is 2.08. The number of fused-ring (bicyclic) bond motifs is 1. The second kappa shape index (κ2) is 5.99. The molecule has 0 radical (unpaired) electrons. The van der Waals surface area contributed by atoms with Crippen molar-refractivity contribution in [1.82, 2.24) is 15.0 Å². The summed E-state index contributed by atoms with van der Waals surface area (Å²) in [5, 5.41) is 3.40. The Morgan fingerprint density at radius 3 is 2.85 bits per heavy atom. The lowest BCUT2D eigenvalue weighted by Gasteiger charge is -2.14. The fourth-order valence-corrected chi connectivity index (χ4v) is 2.71. The lowest BCUT2D eigenvalue weighted by molar-refractivity contribution is 0.709. The van der Waals surface area contributed by atoms with Gasteiger partial charge in [-0.2, -0.15) is 0 Å². The highest BCUT2D eigenvalue weighted by Gasteiger charge is 2.17. The molecule has 1 N–H and O–H groups in total. The quantitative estimate of drug-likeness (QED) is 0.868. The van der Waals surface area contributed by atoms with Gasteiger partial charge in [-0.15, -0.1) is 0 Å². The smallest absolute Gasteiger partial charge is 0.163 e. The van der Waals surface area contributed by atoms with Crippen molar-refractivity contribution in [1.29, 1.82) is 0 Å². The molecular formula is C16H20N4. The maximum atomic E-state index is 4.80. The zero-order valence-electron chi connectivity index (χ0n) is 11.9. The Morgan fingerprint density at radius 2 is 2.05 bits per heavy atom. The molecule has 4 heteroatoms. The maximum absolute atomic E-state index is 4.80. The van der Waals surface area contributed by atoms with Gasteiger partial charge in [0, 0.05) is 35.8 Å². The zero-order valence-corrected chi connectivity index (χ0v) is 11.9. The number of aromatic nitrogens is 3. The molecule has 0 fully saturated rings. The molecule has 0 aliphatic heterocycles. The van der Waals surface area contributed by atoms with E-state index in [1.807, 2.05) is 18.3 Å². The second-order valence-electron chi connectivity index (χ2n) is 5.15. The van der Waals surface area contributed by atoms with Crippen LogP contribution in [0.5, 0.6) is 0 Å². The first-order valence-electron chi connectivity index (χ1n) is 7.42. The summed E-state index contributed by atoms with van der Waals surface area (Å²) in [6.45, 7) is 2.99. The van der Waals surface area contributed by atoms with Gasteiger partial charge in [0.25, 0.3) is 0 Å². The first-order valence-corrected chi connectivity index (χ1v) is 7.42. The molecule has 2 aromatic rings. The number of hydrogen-bond donors (Lipinski definition) is 1. The molecule has 0 atom stereocenters. The third kappa shape index (κ3) is 2.64. The summed E-state index contributed by atoms with van der Waals surface area (Å²) >= 11 is 0. The molecule has 2 heterocycles. The average Bonchev–Trinajstić information content (AvgIpc) is 2.74. The van der Waals surface area contributed by atoms with Gasteiger partial charge in [-0.3, -0.25) is 4.98 Å². The van der Waals surface area contributed by atoms with E-state index in [0.717, 1.165) is 36.6 Å². The van der Waals surface area contributed by atoms with Gasteiger partial charge in [0.2, 0.25) is 0 Å². The molecule has 0 unspecified atom stereocenters. The fraction of sp³-hybridized carbons (Fsp3) is 0.438. The molecule has 0 aromatic carbocycles. The summed E-state index contributed by atoms with van der Waals surface area (Å²) in [7, 11) is 0. The standard InChI is InChI=1S/C16H20N4/c1-2-18-16-13-8-4-3-5-9-14(13)19-15(20-16)12-7-6-10-17-11-12/h6-7,10-11H,2-5,8-9H2,1H3,(H,18,19,20). The zero-order chi connectivity index (χ0) is 13.8. The number of rotatable bonds is 3.